The molecule has 2 aliphatic heterocycles. The maximum Gasteiger partial charge on any atom is 0.316 e. The molecule has 2 saturated heterocycles. The summed E-state index contributed by atoms with van der Waals surface area (Å²) in [4.78, 5) is 25.3. The number of benzene rings is 2. The van der Waals surface area contributed by atoms with Crippen LogP contribution in [-0.2, 0) is 9.59 Å². The molecule has 8 nitrogen and oxygen atoms in total. The summed E-state index contributed by atoms with van der Waals surface area (Å²) in [5.74, 6) is -3.43. The van der Waals surface area contributed by atoms with Gasteiger partial charge in [-0.2, -0.15) is 0 Å². The van der Waals surface area contributed by atoms with E-state index in [0.29, 0.717) is 18.1 Å². The topological polar surface area (TPSA) is 100 Å². The Kier molecular flexibility index (Phi) is 5.66. The van der Waals surface area contributed by atoms with Gasteiger partial charge in [0.2, 0.25) is 17.7 Å². The average molecular weight is 495 g/mol. The van der Waals surface area contributed by atoms with Gasteiger partial charge < -0.3 is 14.6 Å². The van der Waals surface area contributed by atoms with Gasteiger partial charge in [0, 0.05) is 34.9 Å². The van der Waals surface area contributed by atoms with Crippen molar-refractivity contribution in [3.8, 4) is 11.5 Å². The summed E-state index contributed by atoms with van der Waals surface area (Å²) < 4.78 is 35.7. The second-order valence-electron chi connectivity index (χ2n) is 9.06. The Hall–Kier alpha value is -3.60. The average Bonchev–Trinajstić information content (AvgIpc) is 3.26. The molecule has 1 unspecified atom stereocenters. The molecule has 3 aromatic rings. The Bertz CT molecular complexity index is 1290. The number of nitrogens with zero attached hydrogens (tertiary/aromatic N) is 3. The molecule has 179 valence electrons. The van der Waals surface area contributed by atoms with E-state index in [1.807, 2.05) is 38.1 Å². The fourth-order valence-electron chi connectivity index (χ4n) is 4.46. The Morgan fingerprint density at radius 1 is 1.17 bits per heavy atom. The van der Waals surface area contributed by atoms with Crippen molar-refractivity contribution in [2.75, 3.05) is 16.8 Å². The van der Waals surface area contributed by atoms with Gasteiger partial charge in [-0.15, -0.1) is 5.10 Å². The third-order valence-electron chi connectivity index (χ3n) is 6.59. The summed E-state index contributed by atoms with van der Waals surface area (Å²) in [5, 5.41) is 12.7. The molecular weight excluding hydrogens is 472 g/mol. The van der Waals surface area contributed by atoms with Crippen molar-refractivity contribution >= 4 is 33.8 Å². The van der Waals surface area contributed by atoms with Crippen molar-refractivity contribution in [1.29, 1.82) is 0 Å². The first kappa shape index (κ1) is 23.2. The monoisotopic (exact) mass is 494 g/mol. The Morgan fingerprint density at radius 3 is 2.49 bits per heavy atom. The molecule has 2 amide bonds. The van der Waals surface area contributed by atoms with Gasteiger partial charge in [-0.3, -0.25) is 14.9 Å². The lowest BCUT2D eigenvalue weighted by Gasteiger charge is -2.56. The number of anilines is 2. The van der Waals surface area contributed by atoms with Crippen molar-refractivity contribution in [1.82, 2.24) is 15.5 Å². The van der Waals surface area contributed by atoms with E-state index < -0.39 is 34.5 Å². The van der Waals surface area contributed by atoms with E-state index in [0.717, 1.165) is 11.1 Å². The number of aryl methyl sites for hydroxylation is 1. The van der Waals surface area contributed by atoms with E-state index in [-0.39, 0.29) is 30.5 Å². The summed E-state index contributed by atoms with van der Waals surface area (Å²) in [6, 6.07) is 10.1. The molecule has 0 saturated carbocycles. The first-order chi connectivity index (χ1) is 16.6. The minimum Gasteiger partial charge on any atom is -0.403 e. The summed E-state index contributed by atoms with van der Waals surface area (Å²) >= 11 is 0. The number of piperidine rings is 1. The first-order valence-corrected chi connectivity index (χ1v) is 11.7. The van der Waals surface area contributed by atoms with Crippen LogP contribution in [0.3, 0.4) is 0 Å². The van der Waals surface area contributed by atoms with Crippen molar-refractivity contribution in [2.45, 2.75) is 43.8 Å². The highest BCUT2D eigenvalue weighted by Gasteiger charge is 2.47. The van der Waals surface area contributed by atoms with Crippen LogP contribution in [0.1, 0.15) is 36.8 Å². The first-order valence-electron chi connectivity index (χ1n) is 11.2. The number of hydrogen-bond acceptors (Lipinski definition) is 7. The number of hydrogen-bond donors (Lipinski definition) is 2. The molecule has 11 heteroatoms. The van der Waals surface area contributed by atoms with E-state index in [4.69, 9.17) is 4.42 Å². The van der Waals surface area contributed by atoms with Crippen molar-refractivity contribution in [3.63, 3.8) is 0 Å². The lowest BCUT2D eigenvalue weighted by atomic mass is 9.88. The Morgan fingerprint density at radius 2 is 1.86 bits per heavy atom. The Labute approximate surface area is 203 Å². The zero-order chi connectivity index (χ0) is 24.9. The molecule has 1 aromatic heterocycles. The van der Waals surface area contributed by atoms with Gasteiger partial charge in [0.25, 0.3) is 0 Å². The van der Waals surface area contributed by atoms with Crippen LogP contribution in [0.2, 0.25) is 0 Å². The zero-order valence-corrected chi connectivity index (χ0v) is 20.1. The predicted octanol–water partition coefficient (Wildman–Crippen LogP) is 3.03. The largest absolute Gasteiger partial charge is 0.403 e. The number of nitrogens with one attached hydrogen (secondary N) is 2. The quantitative estimate of drug-likeness (QED) is 0.415. The number of imide groups is 1. The van der Waals surface area contributed by atoms with Crippen LogP contribution in [0, 0.1) is 18.6 Å². The standard InChI is InChI=1S/C24H22F2N5O3Si/c1-12-3-5-13(6-4-12)22-29-30-23(34-22)27-18-11-31(24(18,2)35)14-9-16(25)20(17(26)10-14)15-7-8-19(32)28-21(15)33/h3-6,9-10,15,18H,7-8,11H2,1-2H3,(H,27,30)(H,28,32,33)/t15?,18-,24-/m0/s1. The molecule has 3 heterocycles. The molecule has 3 atom stereocenters. The highest BCUT2D eigenvalue weighted by molar-refractivity contribution is 6.19. The second kappa shape index (κ2) is 8.56. The molecule has 2 fully saturated rings. The van der Waals surface area contributed by atoms with Crippen LogP contribution >= 0.6 is 0 Å². The number of rotatable bonds is 5. The van der Waals surface area contributed by atoms with Crippen LogP contribution in [-0.4, -0.2) is 50.0 Å². The van der Waals surface area contributed by atoms with E-state index in [1.54, 1.807) is 4.90 Å². The molecule has 0 bridgehead atoms. The van der Waals surface area contributed by atoms with Gasteiger partial charge in [0.05, 0.1) is 22.2 Å². The highest BCUT2D eigenvalue weighted by atomic mass is 28.1. The van der Waals surface area contributed by atoms with Crippen LogP contribution in [0.4, 0.5) is 20.5 Å². The summed E-state index contributed by atoms with van der Waals surface area (Å²) in [6.45, 7) is 4.24. The number of carbonyl (C=O) groups excluding carboxylic acids is 2. The van der Waals surface area contributed by atoms with Crippen LogP contribution in [0.5, 0.6) is 0 Å². The van der Waals surface area contributed by atoms with E-state index >= 15 is 0 Å². The molecule has 2 aliphatic rings. The van der Waals surface area contributed by atoms with Crippen LogP contribution in [0.15, 0.2) is 40.8 Å². The molecule has 2 aromatic carbocycles. The smallest absolute Gasteiger partial charge is 0.316 e. The highest BCUT2D eigenvalue weighted by Crippen LogP contribution is 2.39. The van der Waals surface area contributed by atoms with E-state index in [1.165, 1.54) is 12.1 Å². The number of aromatic nitrogens is 2. The molecule has 0 aliphatic carbocycles. The lowest BCUT2D eigenvalue weighted by molar-refractivity contribution is -0.134. The molecule has 2 N–H and O–H groups in total. The number of carbonyl (C=O) groups is 2. The van der Waals surface area contributed by atoms with E-state index in [2.05, 4.69) is 31.1 Å². The zero-order valence-electron chi connectivity index (χ0n) is 19.1. The van der Waals surface area contributed by atoms with Crippen molar-refractivity contribution in [2.24, 2.45) is 0 Å². The maximum absolute atomic E-state index is 15.0. The molecule has 0 spiro atoms. The number of amides is 2. The molecule has 3 radical (unpaired) electrons. The summed E-state index contributed by atoms with van der Waals surface area (Å²) in [7, 11) is 3.70. The second-order valence-corrected chi connectivity index (χ2v) is 10.1. The molecule has 5 rings (SSSR count). The lowest BCUT2D eigenvalue weighted by Crippen LogP contribution is -2.72. The summed E-state index contributed by atoms with van der Waals surface area (Å²) in [6.07, 6.45) is 0.106. The normalized spacial score (nSPS) is 24.2. The minimum atomic E-state index is -1.04. The SMILES string of the molecule is Cc1ccc(-c2nnc(N[C@H]3CN(c4cc(F)c(C5CCC(=O)NC5=O)c(F)c4)[C@@]3(C)[Si])o2)cc1. The summed E-state index contributed by atoms with van der Waals surface area (Å²) in [5.41, 5.74) is 1.92. The fourth-order valence-corrected chi connectivity index (χ4v) is 4.84. The van der Waals surface area contributed by atoms with Gasteiger partial charge in [0.15, 0.2) is 0 Å². The van der Waals surface area contributed by atoms with Gasteiger partial charge in [0.1, 0.15) is 11.6 Å². The third kappa shape index (κ3) is 4.20. The van der Waals surface area contributed by atoms with Gasteiger partial charge in [-0.05, 0) is 44.5 Å². The predicted molar refractivity (Wildman–Crippen MR) is 125 cm³/mol. The molecular formula is C24H22F2N5O3Si. The van der Waals surface area contributed by atoms with Gasteiger partial charge in [-0.25, -0.2) is 8.78 Å². The van der Waals surface area contributed by atoms with Crippen LogP contribution in [0.25, 0.3) is 11.5 Å². The van der Waals surface area contributed by atoms with Crippen molar-refractivity contribution in [3.05, 3.63) is 59.2 Å². The Balaban J connectivity index is 1.30. The fraction of sp³-hybridized carbons (Fsp3) is 0.333. The van der Waals surface area contributed by atoms with Crippen LogP contribution < -0.4 is 15.5 Å². The van der Waals surface area contributed by atoms with Gasteiger partial charge >= 0.3 is 6.01 Å². The maximum atomic E-state index is 15.0. The minimum absolute atomic E-state index is 0.0387. The van der Waals surface area contributed by atoms with Crippen molar-refractivity contribution < 1.29 is 22.8 Å². The number of halogens is 2. The molecule has 35 heavy (non-hydrogen) atoms. The van der Waals surface area contributed by atoms with E-state index in [9.17, 15) is 18.4 Å². The van der Waals surface area contributed by atoms with Gasteiger partial charge in [-0.1, -0.05) is 22.8 Å². The third-order valence-corrected chi connectivity index (χ3v) is 7.21.